The standard InChI is InChI=1S/C20H25NO9/c1-11(22)27-10-16-18(28-12(2)23)19(29-13(3)24)17(20(26)30-16)21-9-15(25)14-7-5-4-6-8-14/h4-8,16-21,26H,9-10H2,1-3H3/t16?,17?,18-,19?,20?/m1/s1. The summed E-state index contributed by atoms with van der Waals surface area (Å²) in [6.45, 7) is 2.95. The molecule has 0 aliphatic carbocycles. The summed E-state index contributed by atoms with van der Waals surface area (Å²) in [7, 11) is 0. The molecule has 1 aromatic rings. The first-order valence-electron chi connectivity index (χ1n) is 9.32. The number of esters is 3. The van der Waals surface area contributed by atoms with Gasteiger partial charge in [-0.1, -0.05) is 30.3 Å². The van der Waals surface area contributed by atoms with Crippen molar-refractivity contribution in [3.8, 4) is 0 Å². The second-order valence-corrected chi connectivity index (χ2v) is 6.71. The quantitative estimate of drug-likeness (QED) is 0.333. The van der Waals surface area contributed by atoms with Crippen LogP contribution in [0.1, 0.15) is 31.1 Å². The van der Waals surface area contributed by atoms with Crippen LogP contribution < -0.4 is 5.32 Å². The van der Waals surface area contributed by atoms with Gasteiger partial charge >= 0.3 is 17.9 Å². The van der Waals surface area contributed by atoms with Crippen LogP contribution >= 0.6 is 0 Å². The number of nitrogens with one attached hydrogen (secondary N) is 1. The van der Waals surface area contributed by atoms with Gasteiger partial charge in [0.05, 0.1) is 12.6 Å². The maximum Gasteiger partial charge on any atom is 0.303 e. The number of ketones is 1. The van der Waals surface area contributed by atoms with Crippen LogP contribution in [0, 0.1) is 0 Å². The topological polar surface area (TPSA) is 137 Å². The van der Waals surface area contributed by atoms with Crippen LogP contribution in [0.2, 0.25) is 0 Å². The van der Waals surface area contributed by atoms with Crippen LogP contribution in [-0.2, 0) is 33.3 Å². The van der Waals surface area contributed by atoms with Gasteiger partial charge < -0.3 is 24.1 Å². The van der Waals surface area contributed by atoms with Gasteiger partial charge in [-0.15, -0.1) is 0 Å². The van der Waals surface area contributed by atoms with E-state index in [1.54, 1.807) is 30.3 Å². The number of aliphatic hydroxyl groups is 1. The molecule has 0 radical (unpaired) electrons. The summed E-state index contributed by atoms with van der Waals surface area (Å²) in [5.74, 6) is -2.26. The first-order chi connectivity index (χ1) is 14.2. The van der Waals surface area contributed by atoms with Gasteiger partial charge in [0.25, 0.3) is 0 Å². The van der Waals surface area contributed by atoms with Gasteiger partial charge in [-0.3, -0.25) is 24.5 Å². The molecule has 4 unspecified atom stereocenters. The Bertz CT molecular complexity index is 767. The van der Waals surface area contributed by atoms with E-state index in [9.17, 15) is 24.3 Å². The number of rotatable bonds is 8. The maximum absolute atomic E-state index is 12.4. The van der Waals surface area contributed by atoms with Crippen LogP contribution in [0.4, 0.5) is 0 Å². The lowest BCUT2D eigenvalue weighted by Crippen LogP contribution is -2.65. The molecule has 0 aromatic heterocycles. The highest BCUT2D eigenvalue weighted by Gasteiger charge is 2.49. The number of aliphatic hydroxyl groups excluding tert-OH is 1. The fraction of sp³-hybridized carbons (Fsp3) is 0.500. The van der Waals surface area contributed by atoms with Gasteiger partial charge in [0, 0.05) is 26.3 Å². The van der Waals surface area contributed by atoms with Gasteiger partial charge in [-0.05, 0) is 0 Å². The van der Waals surface area contributed by atoms with Crippen molar-refractivity contribution < 1.29 is 43.2 Å². The van der Waals surface area contributed by atoms with Gasteiger partial charge in [0.15, 0.2) is 24.3 Å². The average molecular weight is 423 g/mol. The average Bonchev–Trinajstić information content (AvgIpc) is 2.68. The Morgan fingerprint density at radius 3 is 2.13 bits per heavy atom. The van der Waals surface area contributed by atoms with E-state index in [2.05, 4.69) is 5.32 Å². The first-order valence-corrected chi connectivity index (χ1v) is 9.32. The fourth-order valence-electron chi connectivity index (χ4n) is 3.07. The molecule has 1 aliphatic rings. The summed E-state index contributed by atoms with van der Waals surface area (Å²) >= 11 is 0. The lowest BCUT2D eigenvalue weighted by molar-refractivity contribution is -0.264. The summed E-state index contributed by atoms with van der Waals surface area (Å²) in [6, 6.07) is 7.39. The largest absolute Gasteiger partial charge is 0.463 e. The third-order valence-corrected chi connectivity index (χ3v) is 4.31. The molecule has 0 bridgehead atoms. The van der Waals surface area contributed by atoms with E-state index < -0.39 is 48.6 Å². The van der Waals surface area contributed by atoms with E-state index in [0.717, 1.165) is 13.8 Å². The van der Waals surface area contributed by atoms with Crippen LogP contribution in [0.3, 0.4) is 0 Å². The van der Waals surface area contributed by atoms with Crippen molar-refractivity contribution in [2.24, 2.45) is 0 Å². The van der Waals surface area contributed by atoms with E-state index in [1.807, 2.05) is 0 Å². The number of Topliss-reactive ketones (excluding diaryl/α,β-unsaturated/α-hetero) is 1. The van der Waals surface area contributed by atoms with Gasteiger partial charge in [0.2, 0.25) is 0 Å². The highest BCUT2D eigenvalue weighted by atomic mass is 16.7. The molecule has 1 saturated heterocycles. The predicted molar refractivity (Wildman–Crippen MR) is 101 cm³/mol. The molecule has 1 aliphatic heterocycles. The number of hydrogen-bond acceptors (Lipinski definition) is 10. The number of benzene rings is 1. The minimum atomic E-state index is -1.54. The summed E-state index contributed by atoms with van der Waals surface area (Å²) in [6.07, 6.45) is -5.00. The zero-order valence-electron chi connectivity index (χ0n) is 16.9. The van der Waals surface area contributed by atoms with E-state index in [0.29, 0.717) is 5.56 Å². The highest BCUT2D eigenvalue weighted by Crippen LogP contribution is 2.26. The highest BCUT2D eigenvalue weighted by molar-refractivity contribution is 5.97. The van der Waals surface area contributed by atoms with Crippen LogP contribution in [-0.4, -0.2) is 72.6 Å². The van der Waals surface area contributed by atoms with Gasteiger partial charge in [0.1, 0.15) is 12.7 Å². The number of carbonyl (C=O) groups is 4. The van der Waals surface area contributed by atoms with Crippen molar-refractivity contribution in [3.05, 3.63) is 35.9 Å². The van der Waals surface area contributed by atoms with E-state index in [1.165, 1.54) is 6.92 Å². The molecule has 10 nitrogen and oxygen atoms in total. The van der Waals surface area contributed by atoms with E-state index >= 15 is 0 Å². The summed E-state index contributed by atoms with van der Waals surface area (Å²) in [4.78, 5) is 46.8. The molecule has 1 aromatic carbocycles. The van der Waals surface area contributed by atoms with Gasteiger partial charge in [-0.2, -0.15) is 0 Å². The molecule has 2 N–H and O–H groups in total. The summed E-state index contributed by atoms with van der Waals surface area (Å²) < 4.78 is 20.9. The Kier molecular flexibility index (Phi) is 8.46. The Morgan fingerprint density at radius 2 is 1.57 bits per heavy atom. The lowest BCUT2D eigenvalue weighted by atomic mass is 9.96. The van der Waals surface area contributed by atoms with Crippen molar-refractivity contribution >= 4 is 23.7 Å². The van der Waals surface area contributed by atoms with Crippen LogP contribution in [0.5, 0.6) is 0 Å². The monoisotopic (exact) mass is 423 g/mol. The van der Waals surface area contributed by atoms with E-state index in [4.69, 9.17) is 18.9 Å². The van der Waals surface area contributed by atoms with Crippen LogP contribution in [0.15, 0.2) is 30.3 Å². The predicted octanol–water partition coefficient (Wildman–Crippen LogP) is -0.0288. The molecule has 30 heavy (non-hydrogen) atoms. The Morgan fingerprint density at radius 1 is 0.967 bits per heavy atom. The zero-order chi connectivity index (χ0) is 22.3. The molecule has 1 heterocycles. The summed E-state index contributed by atoms with van der Waals surface area (Å²) in [5.41, 5.74) is 0.449. The van der Waals surface area contributed by atoms with Crippen LogP contribution in [0.25, 0.3) is 0 Å². The smallest absolute Gasteiger partial charge is 0.303 e. The Balaban J connectivity index is 2.21. The normalized spacial score (nSPS) is 25.8. The van der Waals surface area contributed by atoms with Gasteiger partial charge in [-0.25, -0.2) is 0 Å². The summed E-state index contributed by atoms with van der Waals surface area (Å²) in [5, 5.41) is 13.3. The molecule has 0 spiro atoms. The minimum Gasteiger partial charge on any atom is -0.463 e. The third kappa shape index (κ3) is 6.61. The molecule has 5 atom stereocenters. The van der Waals surface area contributed by atoms with Crippen molar-refractivity contribution in [2.45, 2.75) is 51.4 Å². The Labute approximate surface area is 173 Å². The Hall–Kier alpha value is -2.82. The molecular weight excluding hydrogens is 398 g/mol. The second kappa shape index (κ2) is 10.8. The van der Waals surface area contributed by atoms with Crippen molar-refractivity contribution in [2.75, 3.05) is 13.2 Å². The SMILES string of the molecule is CC(=O)OCC1OC(O)C(NCC(=O)c2ccccc2)C(OC(C)=O)[C@@H]1OC(C)=O. The van der Waals surface area contributed by atoms with Crippen molar-refractivity contribution in [1.82, 2.24) is 5.32 Å². The molecular formula is C20H25NO9. The lowest BCUT2D eigenvalue weighted by Gasteiger charge is -2.43. The molecule has 1 fully saturated rings. The van der Waals surface area contributed by atoms with Crippen molar-refractivity contribution in [3.63, 3.8) is 0 Å². The molecule has 0 amide bonds. The molecule has 10 heteroatoms. The maximum atomic E-state index is 12.4. The molecule has 2 rings (SSSR count). The number of hydrogen-bond donors (Lipinski definition) is 2. The first kappa shape index (κ1) is 23.5. The number of ether oxygens (including phenoxy) is 4. The molecule has 0 saturated carbocycles. The third-order valence-electron chi connectivity index (χ3n) is 4.31. The van der Waals surface area contributed by atoms with E-state index in [-0.39, 0.29) is 18.9 Å². The second-order valence-electron chi connectivity index (χ2n) is 6.71. The molecule has 164 valence electrons. The fourth-order valence-corrected chi connectivity index (χ4v) is 3.07. The zero-order valence-corrected chi connectivity index (χ0v) is 16.9. The minimum absolute atomic E-state index is 0.200. The van der Waals surface area contributed by atoms with Crippen molar-refractivity contribution in [1.29, 1.82) is 0 Å². The number of carbonyl (C=O) groups excluding carboxylic acids is 4.